The van der Waals surface area contributed by atoms with Crippen molar-refractivity contribution in [2.45, 2.75) is 18.6 Å². The summed E-state index contributed by atoms with van der Waals surface area (Å²) in [5.41, 5.74) is 6.49. The first kappa shape index (κ1) is 16.7. The molecule has 0 aliphatic rings. The molecule has 2 aromatic rings. The zero-order chi connectivity index (χ0) is 16.7. The molecular weight excluding hydrogens is 292 g/mol. The van der Waals surface area contributed by atoms with Crippen molar-refractivity contribution in [2.75, 3.05) is 6.61 Å². The summed E-state index contributed by atoms with van der Waals surface area (Å²) in [6, 6.07) is 18.0. The van der Waals surface area contributed by atoms with Crippen LogP contribution in [0.1, 0.15) is 16.7 Å². The van der Waals surface area contributed by atoms with Gasteiger partial charge in [-0.05, 0) is 23.3 Å². The normalized spacial score (nSPS) is 12.9. The maximum atomic E-state index is 12.3. The second-order valence-electron chi connectivity index (χ2n) is 5.36. The molecule has 23 heavy (non-hydrogen) atoms. The minimum atomic E-state index is -1.54. The number of nitrogens with zero attached hydrogens (tertiary/aromatic N) is 1. The Kier molecular flexibility index (Phi) is 5.47. The lowest BCUT2D eigenvalue weighted by Crippen LogP contribution is -2.54. The molecule has 5 heteroatoms. The second kappa shape index (κ2) is 7.54. The van der Waals surface area contributed by atoms with Crippen LogP contribution in [0.4, 0.5) is 0 Å². The van der Waals surface area contributed by atoms with Crippen molar-refractivity contribution in [3.63, 3.8) is 0 Å². The van der Waals surface area contributed by atoms with E-state index in [0.29, 0.717) is 11.1 Å². The van der Waals surface area contributed by atoms with Gasteiger partial charge >= 0.3 is 5.97 Å². The summed E-state index contributed by atoms with van der Waals surface area (Å²) < 4.78 is 5.22. The summed E-state index contributed by atoms with van der Waals surface area (Å²) >= 11 is 0. The van der Waals surface area contributed by atoms with Crippen molar-refractivity contribution >= 4 is 5.97 Å². The average molecular weight is 310 g/mol. The molecule has 0 bridgehead atoms. The van der Waals surface area contributed by atoms with Gasteiger partial charge in [0.05, 0.1) is 18.2 Å². The van der Waals surface area contributed by atoms with Crippen molar-refractivity contribution in [2.24, 2.45) is 5.73 Å². The lowest BCUT2D eigenvalue weighted by molar-refractivity contribution is -0.153. The van der Waals surface area contributed by atoms with E-state index in [-0.39, 0.29) is 13.0 Å². The number of rotatable bonds is 6. The first-order valence-corrected chi connectivity index (χ1v) is 7.17. The van der Waals surface area contributed by atoms with Gasteiger partial charge in [0.1, 0.15) is 12.1 Å². The third-order valence-corrected chi connectivity index (χ3v) is 3.48. The lowest BCUT2D eigenvalue weighted by atomic mass is 9.92. The van der Waals surface area contributed by atoms with Crippen LogP contribution in [0.25, 0.3) is 0 Å². The van der Waals surface area contributed by atoms with Crippen LogP contribution in [0.3, 0.4) is 0 Å². The maximum absolute atomic E-state index is 12.3. The van der Waals surface area contributed by atoms with Crippen LogP contribution >= 0.6 is 0 Å². The van der Waals surface area contributed by atoms with E-state index >= 15 is 0 Å². The van der Waals surface area contributed by atoms with Crippen LogP contribution in [-0.4, -0.2) is 23.2 Å². The molecule has 1 unspecified atom stereocenters. The van der Waals surface area contributed by atoms with Gasteiger partial charge in [-0.25, -0.2) is 4.79 Å². The van der Waals surface area contributed by atoms with Crippen LogP contribution in [0.5, 0.6) is 0 Å². The average Bonchev–Trinajstić information content (AvgIpc) is 2.60. The molecule has 1 atom stereocenters. The third-order valence-electron chi connectivity index (χ3n) is 3.48. The van der Waals surface area contributed by atoms with Gasteiger partial charge in [-0.15, -0.1) is 0 Å². The second-order valence-corrected chi connectivity index (χ2v) is 5.36. The monoisotopic (exact) mass is 310 g/mol. The Morgan fingerprint density at radius 1 is 1.17 bits per heavy atom. The zero-order valence-corrected chi connectivity index (χ0v) is 12.6. The number of nitrogens with two attached hydrogens (primary N) is 1. The van der Waals surface area contributed by atoms with Crippen LogP contribution in [0.15, 0.2) is 54.6 Å². The van der Waals surface area contributed by atoms with E-state index in [1.165, 1.54) is 0 Å². The fourth-order valence-electron chi connectivity index (χ4n) is 2.17. The highest BCUT2D eigenvalue weighted by Crippen LogP contribution is 2.15. The fourth-order valence-corrected chi connectivity index (χ4v) is 2.17. The van der Waals surface area contributed by atoms with E-state index < -0.39 is 18.1 Å². The SMILES string of the molecule is N#Cc1cccc(CC(N)(CO)C(=O)OCc2ccccc2)c1. The Morgan fingerprint density at radius 3 is 2.52 bits per heavy atom. The molecule has 0 spiro atoms. The smallest absolute Gasteiger partial charge is 0.329 e. The molecule has 2 aromatic carbocycles. The predicted octanol–water partition coefficient (Wildman–Crippen LogP) is 1.53. The predicted molar refractivity (Wildman–Crippen MR) is 85.1 cm³/mol. The van der Waals surface area contributed by atoms with E-state index in [2.05, 4.69) is 0 Å². The summed E-state index contributed by atoms with van der Waals surface area (Å²) in [6.45, 7) is -0.450. The van der Waals surface area contributed by atoms with Gasteiger partial charge in [0, 0.05) is 6.42 Å². The molecule has 5 nitrogen and oxygen atoms in total. The number of aliphatic hydroxyl groups is 1. The highest BCUT2D eigenvalue weighted by Gasteiger charge is 2.35. The molecule has 0 saturated heterocycles. The molecule has 0 heterocycles. The van der Waals surface area contributed by atoms with E-state index in [1.54, 1.807) is 24.3 Å². The van der Waals surface area contributed by atoms with Gasteiger partial charge < -0.3 is 15.6 Å². The molecular formula is C18H18N2O3. The van der Waals surface area contributed by atoms with Crippen LogP contribution in [0.2, 0.25) is 0 Å². The number of carbonyl (C=O) groups excluding carboxylic acids is 1. The molecule has 0 radical (unpaired) electrons. The Bertz CT molecular complexity index is 710. The summed E-state index contributed by atoms with van der Waals surface area (Å²) in [6.07, 6.45) is 0.0899. The standard InChI is InChI=1S/C18H18N2O3/c19-11-16-8-4-7-15(9-16)10-18(20,13-21)17(22)23-12-14-5-2-1-3-6-14/h1-9,21H,10,12-13,20H2. The van der Waals surface area contributed by atoms with E-state index in [9.17, 15) is 9.90 Å². The molecule has 0 aliphatic heterocycles. The first-order chi connectivity index (χ1) is 11.1. The molecule has 2 rings (SSSR count). The number of ether oxygens (including phenoxy) is 1. The zero-order valence-electron chi connectivity index (χ0n) is 12.6. The number of esters is 1. The van der Waals surface area contributed by atoms with Crippen LogP contribution < -0.4 is 5.73 Å². The van der Waals surface area contributed by atoms with Gasteiger partial charge in [-0.3, -0.25) is 0 Å². The van der Waals surface area contributed by atoms with Crippen molar-refractivity contribution in [3.8, 4) is 6.07 Å². The molecule has 0 saturated carbocycles. The minimum Gasteiger partial charge on any atom is -0.459 e. The van der Waals surface area contributed by atoms with E-state index in [4.69, 9.17) is 15.7 Å². The van der Waals surface area contributed by atoms with Gasteiger partial charge in [0.25, 0.3) is 0 Å². The van der Waals surface area contributed by atoms with Crippen LogP contribution in [-0.2, 0) is 22.6 Å². The molecule has 118 valence electrons. The van der Waals surface area contributed by atoms with Crippen molar-refractivity contribution in [3.05, 3.63) is 71.3 Å². The minimum absolute atomic E-state index is 0.0899. The number of benzene rings is 2. The molecule has 0 aromatic heterocycles. The Balaban J connectivity index is 2.06. The number of hydrogen-bond acceptors (Lipinski definition) is 5. The van der Waals surface area contributed by atoms with E-state index in [0.717, 1.165) is 5.56 Å². The van der Waals surface area contributed by atoms with Gasteiger partial charge in [-0.1, -0.05) is 42.5 Å². The summed E-state index contributed by atoms with van der Waals surface area (Å²) in [5, 5.41) is 18.5. The van der Waals surface area contributed by atoms with Crippen molar-refractivity contribution in [1.82, 2.24) is 0 Å². The molecule has 0 fully saturated rings. The number of aliphatic hydroxyl groups excluding tert-OH is 1. The maximum Gasteiger partial charge on any atom is 0.329 e. The quantitative estimate of drug-likeness (QED) is 0.789. The number of nitriles is 1. The van der Waals surface area contributed by atoms with Gasteiger partial charge in [0.15, 0.2) is 0 Å². The highest BCUT2D eigenvalue weighted by atomic mass is 16.5. The van der Waals surface area contributed by atoms with E-state index in [1.807, 2.05) is 36.4 Å². The number of carbonyl (C=O) groups is 1. The molecule has 0 amide bonds. The molecule has 3 N–H and O–H groups in total. The topological polar surface area (TPSA) is 96.3 Å². The van der Waals surface area contributed by atoms with Gasteiger partial charge in [-0.2, -0.15) is 5.26 Å². The summed E-state index contributed by atoms with van der Waals surface area (Å²) in [4.78, 5) is 12.3. The van der Waals surface area contributed by atoms with Gasteiger partial charge in [0.2, 0.25) is 0 Å². The highest BCUT2D eigenvalue weighted by molar-refractivity contribution is 5.81. The Labute approximate surface area is 134 Å². The fraction of sp³-hybridized carbons (Fsp3) is 0.222. The van der Waals surface area contributed by atoms with Crippen molar-refractivity contribution < 1.29 is 14.6 Å². The summed E-state index contributed by atoms with van der Waals surface area (Å²) in [5.74, 6) is -0.675. The largest absolute Gasteiger partial charge is 0.459 e. The summed E-state index contributed by atoms with van der Waals surface area (Å²) in [7, 11) is 0. The first-order valence-electron chi connectivity index (χ1n) is 7.17. The Morgan fingerprint density at radius 2 is 1.87 bits per heavy atom. The lowest BCUT2D eigenvalue weighted by Gasteiger charge is -2.25. The number of hydrogen-bond donors (Lipinski definition) is 2. The van der Waals surface area contributed by atoms with Crippen molar-refractivity contribution in [1.29, 1.82) is 5.26 Å². The molecule has 0 aliphatic carbocycles. The van der Waals surface area contributed by atoms with Crippen LogP contribution in [0, 0.1) is 11.3 Å². The Hall–Kier alpha value is -2.68. The third kappa shape index (κ3) is 4.39.